The summed E-state index contributed by atoms with van der Waals surface area (Å²) in [4.78, 5) is 35.9. The van der Waals surface area contributed by atoms with Crippen LogP contribution in [0, 0.1) is 12.7 Å². The van der Waals surface area contributed by atoms with Crippen molar-refractivity contribution in [2.24, 2.45) is 0 Å². The number of hydrogen-bond acceptors (Lipinski definition) is 3. The minimum Gasteiger partial charge on any atom is -0.342 e. The summed E-state index contributed by atoms with van der Waals surface area (Å²) in [5.74, 6) is 0.153. The molecule has 0 unspecified atom stereocenters. The van der Waals surface area contributed by atoms with Crippen LogP contribution in [0.1, 0.15) is 17.8 Å². The first-order chi connectivity index (χ1) is 13.5. The summed E-state index contributed by atoms with van der Waals surface area (Å²) in [6.45, 7) is 3.04. The van der Waals surface area contributed by atoms with Gasteiger partial charge >= 0.3 is 0 Å². The van der Waals surface area contributed by atoms with Gasteiger partial charge in [0.2, 0.25) is 11.8 Å². The third-order valence-corrected chi connectivity index (χ3v) is 5.05. The molecule has 0 bridgehead atoms. The van der Waals surface area contributed by atoms with E-state index in [0.717, 1.165) is 11.3 Å². The van der Waals surface area contributed by atoms with Crippen LogP contribution in [-0.4, -0.2) is 46.3 Å². The normalized spacial score (nSPS) is 14.7. The van der Waals surface area contributed by atoms with E-state index in [1.54, 1.807) is 15.9 Å². The van der Waals surface area contributed by atoms with Gasteiger partial charge < -0.3 is 14.8 Å². The fourth-order valence-corrected chi connectivity index (χ4v) is 3.54. The van der Waals surface area contributed by atoms with Crippen LogP contribution in [0.2, 0.25) is 0 Å². The highest BCUT2D eigenvalue weighted by Crippen LogP contribution is 2.22. The number of imidazole rings is 1. The Morgan fingerprint density at radius 3 is 2.82 bits per heavy atom. The number of anilines is 1. The van der Waals surface area contributed by atoms with Crippen LogP contribution >= 0.6 is 0 Å². The molecule has 1 N–H and O–H groups in total. The van der Waals surface area contributed by atoms with Gasteiger partial charge in [-0.1, -0.05) is 18.2 Å². The van der Waals surface area contributed by atoms with E-state index in [4.69, 9.17) is 0 Å². The van der Waals surface area contributed by atoms with Crippen LogP contribution in [0.25, 0.3) is 11.0 Å². The lowest BCUT2D eigenvalue weighted by molar-refractivity contribution is -0.136. The molecule has 4 rings (SSSR count). The van der Waals surface area contributed by atoms with Crippen molar-refractivity contribution in [2.45, 2.75) is 19.8 Å². The fraction of sp³-hybridized carbons (Fsp3) is 0.286. The zero-order valence-electron chi connectivity index (χ0n) is 15.6. The first kappa shape index (κ1) is 18.2. The lowest BCUT2D eigenvalue weighted by Gasteiger charge is -2.35. The Bertz CT molecular complexity index is 1050. The number of nitrogens with zero attached hydrogens (tertiary/aromatic N) is 3. The number of carbonyl (C=O) groups excluding carboxylic acids is 2. The molecule has 1 aliphatic rings. The van der Waals surface area contributed by atoms with Gasteiger partial charge in [-0.2, -0.15) is 0 Å². The Kier molecular flexibility index (Phi) is 4.81. The molecule has 1 aliphatic heterocycles. The van der Waals surface area contributed by atoms with Crippen molar-refractivity contribution in [1.82, 2.24) is 14.9 Å². The van der Waals surface area contributed by atoms with Crippen LogP contribution < -0.4 is 4.90 Å². The second-order valence-electron chi connectivity index (χ2n) is 6.99. The number of piperazine rings is 1. The van der Waals surface area contributed by atoms with E-state index in [2.05, 4.69) is 9.97 Å². The maximum Gasteiger partial charge on any atom is 0.246 e. The molecular weight excluding hydrogens is 359 g/mol. The molecule has 1 saturated heterocycles. The number of nitrogens with one attached hydrogen (secondary N) is 1. The van der Waals surface area contributed by atoms with Crippen molar-refractivity contribution in [1.29, 1.82) is 0 Å². The topological polar surface area (TPSA) is 69.3 Å². The Hall–Kier alpha value is -3.22. The van der Waals surface area contributed by atoms with Gasteiger partial charge in [0.1, 0.15) is 18.2 Å². The summed E-state index contributed by atoms with van der Waals surface area (Å²) in [6.07, 6.45) is 0.668. The molecule has 28 heavy (non-hydrogen) atoms. The number of rotatable bonds is 4. The molecule has 0 spiro atoms. The average molecular weight is 380 g/mol. The Balaban J connectivity index is 1.36. The maximum absolute atomic E-state index is 13.3. The zero-order chi connectivity index (χ0) is 19.7. The molecule has 2 heterocycles. The van der Waals surface area contributed by atoms with Crippen LogP contribution in [0.5, 0.6) is 0 Å². The third kappa shape index (κ3) is 3.60. The molecule has 0 atom stereocenters. The van der Waals surface area contributed by atoms with Crippen LogP contribution in [0.3, 0.4) is 0 Å². The second kappa shape index (κ2) is 7.42. The van der Waals surface area contributed by atoms with Crippen molar-refractivity contribution in [3.05, 3.63) is 59.7 Å². The standard InChI is InChI=1S/C21H21FN4O2/c1-14-4-2-3-5-18(14)26-11-10-25(13-21(26)28)20(27)9-8-19-23-16-7-6-15(22)12-17(16)24-19/h2-7,12H,8-11,13H2,1H3,(H,23,24). The summed E-state index contributed by atoms with van der Waals surface area (Å²) < 4.78 is 13.3. The Morgan fingerprint density at radius 1 is 1.21 bits per heavy atom. The molecular formula is C21H21FN4O2. The van der Waals surface area contributed by atoms with Gasteiger partial charge in [0.05, 0.1) is 11.0 Å². The van der Waals surface area contributed by atoms with Crippen LogP contribution in [0.4, 0.5) is 10.1 Å². The summed E-state index contributed by atoms with van der Waals surface area (Å²) in [6, 6.07) is 12.1. The molecule has 3 aromatic rings. The van der Waals surface area contributed by atoms with Gasteiger partial charge in [-0.05, 0) is 36.8 Å². The number of halogens is 1. The molecule has 1 fully saturated rings. The Morgan fingerprint density at radius 2 is 2.04 bits per heavy atom. The van der Waals surface area contributed by atoms with Crippen molar-refractivity contribution < 1.29 is 14.0 Å². The minimum absolute atomic E-state index is 0.0758. The molecule has 0 aliphatic carbocycles. The highest BCUT2D eigenvalue weighted by Gasteiger charge is 2.28. The lowest BCUT2D eigenvalue weighted by Crippen LogP contribution is -2.52. The zero-order valence-corrected chi connectivity index (χ0v) is 15.6. The second-order valence-corrected chi connectivity index (χ2v) is 6.99. The van der Waals surface area contributed by atoms with Gasteiger partial charge in [-0.3, -0.25) is 9.59 Å². The lowest BCUT2D eigenvalue weighted by atomic mass is 10.1. The summed E-state index contributed by atoms with van der Waals surface area (Å²) in [5.41, 5.74) is 3.22. The molecule has 144 valence electrons. The minimum atomic E-state index is -0.330. The largest absolute Gasteiger partial charge is 0.342 e. The number of benzene rings is 2. The number of fused-ring (bicyclic) bond motifs is 1. The number of amides is 2. The molecule has 1 aromatic heterocycles. The molecule has 7 heteroatoms. The highest BCUT2D eigenvalue weighted by molar-refractivity contribution is 5.98. The number of para-hydroxylation sites is 1. The summed E-state index contributed by atoms with van der Waals surface area (Å²) in [7, 11) is 0. The summed E-state index contributed by atoms with van der Waals surface area (Å²) in [5, 5.41) is 0. The third-order valence-electron chi connectivity index (χ3n) is 5.05. The summed E-state index contributed by atoms with van der Waals surface area (Å²) >= 11 is 0. The van der Waals surface area contributed by atoms with Gasteiger partial charge in [0.25, 0.3) is 0 Å². The van der Waals surface area contributed by atoms with E-state index in [9.17, 15) is 14.0 Å². The van der Waals surface area contributed by atoms with Crippen molar-refractivity contribution >= 4 is 28.5 Å². The molecule has 2 amide bonds. The first-order valence-electron chi connectivity index (χ1n) is 9.29. The van der Waals surface area contributed by atoms with Gasteiger partial charge in [-0.15, -0.1) is 0 Å². The van der Waals surface area contributed by atoms with Crippen LogP contribution in [0.15, 0.2) is 42.5 Å². The average Bonchev–Trinajstić information content (AvgIpc) is 3.08. The molecule has 6 nitrogen and oxygen atoms in total. The van der Waals surface area contributed by atoms with E-state index in [1.165, 1.54) is 12.1 Å². The highest BCUT2D eigenvalue weighted by atomic mass is 19.1. The van der Waals surface area contributed by atoms with Gasteiger partial charge in [0.15, 0.2) is 0 Å². The number of carbonyl (C=O) groups is 2. The number of aryl methyl sites for hydroxylation is 2. The SMILES string of the molecule is Cc1ccccc1N1CCN(C(=O)CCc2nc3ccc(F)cc3[nH]2)CC1=O. The fourth-order valence-electron chi connectivity index (χ4n) is 3.54. The first-order valence-corrected chi connectivity index (χ1v) is 9.29. The van der Waals surface area contributed by atoms with E-state index in [0.29, 0.717) is 36.4 Å². The molecule has 0 radical (unpaired) electrons. The monoisotopic (exact) mass is 380 g/mol. The maximum atomic E-state index is 13.3. The number of H-pyrrole nitrogens is 1. The predicted molar refractivity (Wildman–Crippen MR) is 104 cm³/mol. The van der Waals surface area contributed by atoms with Gasteiger partial charge in [0, 0.05) is 31.6 Å². The van der Waals surface area contributed by atoms with E-state index < -0.39 is 0 Å². The van der Waals surface area contributed by atoms with Crippen molar-refractivity contribution in [3.8, 4) is 0 Å². The molecule has 0 saturated carbocycles. The predicted octanol–water partition coefficient (Wildman–Crippen LogP) is 2.82. The van der Waals surface area contributed by atoms with E-state index >= 15 is 0 Å². The van der Waals surface area contributed by atoms with Crippen molar-refractivity contribution in [3.63, 3.8) is 0 Å². The smallest absolute Gasteiger partial charge is 0.246 e. The quantitative estimate of drug-likeness (QED) is 0.757. The number of hydrogen-bond donors (Lipinski definition) is 1. The van der Waals surface area contributed by atoms with E-state index in [-0.39, 0.29) is 30.6 Å². The van der Waals surface area contributed by atoms with Crippen molar-refractivity contribution in [2.75, 3.05) is 24.5 Å². The number of aromatic nitrogens is 2. The van der Waals surface area contributed by atoms with Crippen LogP contribution in [-0.2, 0) is 16.0 Å². The molecule has 2 aromatic carbocycles. The van der Waals surface area contributed by atoms with Gasteiger partial charge in [-0.25, -0.2) is 9.37 Å². The van der Waals surface area contributed by atoms with E-state index in [1.807, 2.05) is 31.2 Å². The Labute approximate surface area is 162 Å². The number of aromatic amines is 1.